The standard InChI is InChI=1S/C55H42N2/c1-55(2,42-18-10-5-11-19-42)52-35-41(25-33-54(52)56-43-26-22-38(23-27-43)37-14-6-3-7-15-37)40-24-32-53(50(34-40)39-16-8-4-9-17-39)57-44-28-29-49-48-31-30-47(48)45-20-12-13-21-46(45)51(49)36-44/h3-36,56-57H,1-2H3. The van der Waals surface area contributed by atoms with Crippen molar-refractivity contribution in [3.8, 4) is 33.4 Å². The molecule has 1 aliphatic rings. The Labute approximate surface area is 334 Å². The highest BCUT2D eigenvalue weighted by Crippen LogP contribution is 2.43. The van der Waals surface area contributed by atoms with E-state index in [1.807, 2.05) is 0 Å². The van der Waals surface area contributed by atoms with E-state index in [-0.39, 0.29) is 5.41 Å². The average molecular weight is 731 g/mol. The van der Waals surface area contributed by atoms with Crippen molar-refractivity contribution in [1.82, 2.24) is 0 Å². The van der Waals surface area contributed by atoms with Crippen molar-refractivity contribution in [1.29, 1.82) is 0 Å². The molecule has 2 heteroatoms. The fourth-order valence-corrected chi connectivity index (χ4v) is 8.49. The van der Waals surface area contributed by atoms with Crippen LogP contribution in [0.25, 0.3) is 67.1 Å². The van der Waals surface area contributed by atoms with Gasteiger partial charge >= 0.3 is 0 Å². The van der Waals surface area contributed by atoms with Gasteiger partial charge < -0.3 is 10.6 Å². The van der Waals surface area contributed by atoms with Crippen LogP contribution < -0.4 is 10.6 Å². The van der Waals surface area contributed by atoms with E-state index in [9.17, 15) is 0 Å². The summed E-state index contributed by atoms with van der Waals surface area (Å²) in [6, 6.07) is 70.1. The van der Waals surface area contributed by atoms with Crippen LogP contribution in [0.15, 0.2) is 194 Å². The number of anilines is 4. The zero-order chi connectivity index (χ0) is 38.3. The van der Waals surface area contributed by atoms with E-state index in [4.69, 9.17) is 0 Å². The Morgan fingerprint density at radius 3 is 1.54 bits per heavy atom. The van der Waals surface area contributed by atoms with E-state index in [1.54, 1.807) is 0 Å². The Balaban J connectivity index is 1.04. The van der Waals surface area contributed by atoms with Crippen LogP contribution in [0.4, 0.5) is 22.7 Å². The predicted octanol–water partition coefficient (Wildman–Crippen LogP) is 15.3. The minimum atomic E-state index is -0.273. The summed E-state index contributed by atoms with van der Waals surface area (Å²) in [5, 5.41) is 12.8. The van der Waals surface area contributed by atoms with Crippen LogP contribution in [0.3, 0.4) is 0 Å². The lowest BCUT2D eigenvalue weighted by molar-refractivity contribution is 0.643. The second-order valence-electron chi connectivity index (χ2n) is 15.5. The molecule has 10 rings (SSSR count). The molecule has 2 N–H and O–H groups in total. The Bertz CT molecular complexity index is 2940. The van der Waals surface area contributed by atoms with Gasteiger partial charge in [-0.15, -0.1) is 0 Å². The van der Waals surface area contributed by atoms with Gasteiger partial charge in [-0.2, -0.15) is 0 Å². The maximum Gasteiger partial charge on any atom is 0.0464 e. The molecule has 9 aromatic carbocycles. The molecule has 272 valence electrons. The number of benzene rings is 9. The van der Waals surface area contributed by atoms with E-state index in [0.29, 0.717) is 0 Å². The number of hydrogen-bond donors (Lipinski definition) is 2. The highest BCUT2D eigenvalue weighted by molar-refractivity contribution is 6.19. The number of hydrogen-bond acceptors (Lipinski definition) is 2. The van der Waals surface area contributed by atoms with E-state index in [0.717, 1.165) is 28.3 Å². The molecule has 0 saturated heterocycles. The predicted molar refractivity (Wildman–Crippen MR) is 245 cm³/mol. The third-order valence-corrected chi connectivity index (χ3v) is 11.7. The molecule has 2 nitrogen and oxygen atoms in total. The third kappa shape index (κ3) is 6.36. The van der Waals surface area contributed by atoms with Crippen molar-refractivity contribution in [2.24, 2.45) is 0 Å². The number of nitrogens with one attached hydrogen (secondary N) is 2. The maximum absolute atomic E-state index is 3.84. The minimum absolute atomic E-state index is 0.273. The molecule has 0 spiro atoms. The second kappa shape index (κ2) is 14.2. The number of fused-ring (bicyclic) bond motifs is 6. The van der Waals surface area contributed by atoms with E-state index in [1.165, 1.54) is 71.6 Å². The van der Waals surface area contributed by atoms with Gasteiger partial charge in [-0.05, 0) is 120 Å². The van der Waals surface area contributed by atoms with Gasteiger partial charge in [-0.25, -0.2) is 0 Å². The fourth-order valence-electron chi connectivity index (χ4n) is 8.49. The van der Waals surface area contributed by atoms with Crippen LogP contribution in [0.1, 0.15) is 36.1 Å². The van der Waals surface area contributed by atoms with Crippen molar-refractivity contribution in [2.75, 3.05) is 10.6 Å². The summed E-state index contributed by atoms with van der Waals surface area (Å²) in [7, 11) is 0. The molecule has 0 radical (unpaired) electrons. The third-order valence-electron chi connectivity index (χ3n) is 11.7. The van der Waals surface area contributed by atoms with Gasteiger partial charge in [0.25, 0.3) is 0 Å². The molecule has 0 unspecified atom stereocenters. The van der Waals surface area contributed by atoms with Gasteiger partial charge in [-0.3, -0.25) is 0 Å². The first-order valence-corrected chi connectivity index (χ1v) is 19.8. The van der Waals surface area contributed by atoms with E-state index in [2.05, 4.69) is 231 Å². The largest absolute Gasteiger partial charge is 0.355 e. The summed E-state index contributed by atoms with van der Waals surface area (Å²) in [5.41, 5.74) is 16.3. The quantitative estimate of drug-likeness (QED) is 0.145. The second-order valence-corrected chi connectivity index (χ2v) is 15.5. The first kappa shape index (κ1) is 34.3. The van der Waals surface area contributed by atoms with Crippen molar-refractivity contribution in [2.45, 2.75) is 19.3 Å². The molecule has 9 aromatic rings. The highest BCUT2D eigenvalue weighted by Gasteiger charge is 2.27. The topological polar surface area (TPSA) is 24.1 Å². The molecule has 0 fully saturated rings. The Morgan fingerprint density at radius 2 is 0.860 bits per heavy atom. The summed E-state index contributed by atoms with van der Waals surface area (Å²) < 4.78 is 0. The van der Waals surface area contributed by atoms with Crippen LogP contribution in [-0.4, -0.2) is 0 Å². The molecule has 0 aliphatic heterocycles. The first-order chi connectivity index (χ1) is 28.0. The van der Waals surface area contributed by atoms with E-state index < -0.39 is 0 Å². The lowest BCUT2D eigenvalue weighted by atomic mass is 9.76. The molecular weight excluding hydrogens is 689 g/mol. The Hall–Kier alpha value is -7.16. The van der Waals surface area contributed by atoms with Crippen LogP contribution in [-0.2, 0) is 5.41 Å². The van der Waals surface area contributed by atoms with Gasteiger partial charge in [-0.1, -0.05) is 172 Å². The summed E-state index contributed by atoms with van der Waals surface area (Å²) in [6.45, 7) is 4.65. The summed E-state index contributed by atoms with van der Waals surface area (Å²) in [6.07, 6.45) is 4.47. The lowest BCUT2D eigenvalue weighted by Gasteiger charge is -2.30. The van der Waals surface area contributed by atoms with Crippen molar-refractivity contribution in [3.63, 3.8) is 0 Å². The zero-order valence-electron chi connectivity index (χ0n) is 32.1. The molecule has 0 heterocycles. The SMILES string of the molecule is CC(C)(c1ccccc1)c1cc(-c2ccc(Nc3ccc4c5c(c6ccccc6c4c3)C=C5)c(-c3ccccc3)c2)ccc1Nc1ccc(-c2ccccc2)cc1. The average Bonchev–Trinajstić information content (AvgIpc) is 3.25. The van der Waals surface area contributed by atoms with Crippen LogP contribution in [0.2, 0.25) is 0 Å². The van der Waals surface area contributed by atoms with Crippen molar-refractivity contribution < 1.29 is 0 Å². The minimum Gasteiger partial charge on any atom is -0.355 e. The van der Waals surface area contributed by atoms with Gasteiger partial charge in [0.1, 0.15) is 0 Å². The van der Waals surface area contributed by atoms with Crippen molar-refractivity contribution >= 4 is 56.4 Å². The Morgan fingerprint density at radius 1 is 0.351 bits per heavy atom. The van der Waals surface area contributed by atoms with Crippen LogP contribution in [0.5, 0.6) is 0 Å². The van der Waals surface area contributed by atoms with Crippen LogP contribution >= 0.6 is 0 Å². The molecule has 0 atom stereocenters. The molecule has 0 amide bonds. The van der Waals surface area contributed by atoms with Gasteiger partial charge in [0, 0.05) is 33.7 Å². The summed E-state index contributed by atoms with van der Waals surface area (Å²) in [4.78, 5) is 0. The van der Waals surface area contributed by atoms with Crippen molar-refractivity contribution in [3.05, 3.63) is 216 Å². The molecular formula is C55H42N2. The highest BCUT2D eigenvalue weighted by atomic mass is 14.9. The van der Waals surface area contributed by atoms with Gasteiger partial charge in [0.2, 0.25) is 0 Å². The molecule has 0 aromatic heterocycles. The normalized spacial score (nSPS) is 12.0. The smallest absolute Gasteiger partial charge is 0.0464 e. The van der Waals surface area contributed by atoms with E-state index >= 15 is 0 Å². The maximum atomic E-state index is 3.84. The molecule has 0 bridgehead atoms. The summed E-state index contributed by atoms with van der Waals surface area (Å²) >= 11 is 0. The molecule has 0 saturated carbocycles. The van der Waals surface area contributed by atoms with Gasteiger partial charge in [0.15, 0.2) is 0 Å². The molecule has 1 aliphatic carbocycles. The lowest BCUT2D eigenvalue weighted by Crippen LogP contribution is -2.20. The zero-order valence-corrected chi connectivity index (χ0v) is 32.1. The fraction of sp³-hybridized carbons (Fsp3) is 0.0545. The van der Waals surface area contributed by atoms with Crippen LogP contribution in [0, 0.1) is 0 Å². The monoisotopic (exact) mass is 730 g/mol. The van der Waals surface area contributed by atoms with Gasteiger partial charge in [0.05, 0.1) is 0 Å². The first-order valence-electron chi connectivity index (χ1n) is 19.8. The molecule has 57 heavy (non-hydrogen) atoms. The Kier molecular flexibility index (Phi) is 8.53. The number of rotatable bonds is 9. The summed E-state index contributed by atoms with van der Waals surface area (Å²) in [5.74, 6) is 0.